The highest BCUT2D eigenvalue weighted by molar-refractivity contribution is 5.67. The van der Waals surface area contributed by atoms with Gasteiger partial charge >= 0.3 is 12.2 Å². The largest absolute Gasteiger partial charge is 0.509 e. The van der Waals surface area contributed by atoms with Crippen molar-refractivity contribution in [2.45, 2.75) is 25.7 Å². The van der Waals surface area contributed by atoms with Crippen molar-refractivity contribution in [3.8, 4) is 0 Å². The maximum absolute atomic E-state index is 11.9. The molecule has 1 heterocycles. The topological polar surface area (TPSA) is 77.1 Å². The summed E-state index contributed by atoms with van der Waals surface area (Å²) in [6.45, 7) is 0.690. The molecule has 1 saturated heterocycles. The highest BCUT2D eigenvalue weighted by Gasteiger charge is 2.26. The summed E-state index contributed by atoms with van der Waals surface area (Å²) in [5.74, 6) is 0. The molecule has 1 unspecified atom stereocenters. The number of rotatable bonds is 3. The van der Waals surface area contributed by atoms with Crippen molar-refractivity contribution in [2.75, 3.05) is 13.7 Å². The minimum absolute atomic E-state index is 0.195. The van der Waals surface area contributed by atoms with E-state index in [1.807, 2.05) is 30.3 Å². The lowest BCUT2D eigenvalue weighted by Gasteiger charge is -2.32. The maximum Gasteiger partial charge on any atom is 0.509 e. The smallest absolute Gasteiger partial charge is 0.444 e. The van der Waals surface area contributed by atoms with E-state index in [-0.39, 0.29) is 6.61 Å². The van der Waals surface area contributed by atoms with Gasteiger partial charge in [-0.15, -0.1) is 0 Å². The lowest BCUT2D eigenvalue weighted by atomic mass is 10.2. The maximum atomic E-state index is 11.9. The third kappa shape index (κ3) is 4.64. The summed E-state index contributed by atoms with van der Waals surface area (Å²) in [5, 5.41) is 1.31. The normalized spacial score (nSPS) is 18.0. The molecule has 21 heavy (non-hydrogen) atoms. The van der Waals surface area contributed by atoms with Crippen LogP contribution < -0.4 is 5.43 Å². The predicted molar refractivity (Wildman–Crippen MR) is 73.0 cm³/mol. The van der Waals surface area contributed by atoms with E-state index >= 15 is 0 Å². The Bertz CT molecular complexity index is 480. The SMILES string of the molecule is COC(=O)OC1CCCN(C(=O)OCc2ccccc2)N1. The van der Waals surface area contributed by atoms with E-state index in [0.717, 1.165) is 5.56 Å². The molecule has 0 bridgehead atoms. The number of hydrogen-bond acceptors (Lipinski definition) is 6. The van der Waals surface area contributed by atoms with Crippen LogP contribution in [0, 0.1) is 0 Å². The number of benzene rings is 1. The third-order valence-corrected chi connectivity index (χ3v) is 2.98. The first-order valence-corrected chi connectivity index (χ1v) is 6.68. The fourth-order valence-corrected chi connectivity index (χ4v) is 1.93. The Morgan fingerprint density at radius 2 is 2.10 bits per heavy atom. The Labute approximate surface area is 122 Å². The van der Waals surface area contributed by atoms with E-state index in [4.69, 9.17) is 9.47 Å². The molecule has 1 aromatic rings. The van der Waals surface area contributed by atoms with E-state index in [0.29, 0.717) is 19.4 Å². The van der Waals surface area contributed by atoms with Gasteiger partial charge < -0.3 is 14.2 Å². The molecule has 1 aliphatic heterocycles. The van der Waals surface area contributed by atoms with E-state index in [1.165, 1.54) is 12.1 Å². The molecule has 1 fully saturated rings. The van der Waals surface area contributed by atoms with Crippen LogP contribution in [0.3, 0.4) is 0 Å². The fourth-order valence-electron chi connectivity index (χ4n) is 1.93. The zero-order valence-electron chi connectivity index (χ0n) is 11.8. The molecular weight excluding hydrogens is 276 g/mol. The summed E-state index contributed by atoms with van der Waals surface area (Å²) in [6.07, 6.45) is -0.563. The van der Waals surface area contributed by atoms with Gasteiger partial charge in [-0.2, -0.15) is 5.43 Å². The molecule has 1 amide bonds. The van der Waals surface area contributed by atoms with Gasteiger partial charge in [-0.3, -0.25) is 0 Å². The average Bonchev–Trinajstić information content (AvgIpc) is 2.53. The van der Waals surface area contributed by atoms with E-state index in [9.17, 15) is 9.59 Å². The molecule has 2 rings (SSSR count). The molecule has 0 aliphatic carbocycles. The van der Waals surface area contributed by atoms with Gasteiger partial charge in [-0.25, -0.2) is 14.6 Å². The van der Waals surface area contributed by atoms with Crippen LogP contribution in [0.25, 0.3) is 0 Å². The van der Waals surface area contributed by atoms with Gasteiger partial charge in [-0.1, -0.05) is 30.3 Å². The second-order valence-electron chi connectivity index (χ2n) is 4.52. The number of hydrazine groups is 1. The van der Waals surface area contributed by atoms with Crippen LogP contribution in [0.2, 0.25) is 0 Å². The van der Waals surface area contributed by atoms with Gasteiger partial charge in [0.05, 0.1) is 7.11 Å². The second-order valence-corrected chi connectivity index (χ2v) is 4.52. The number of carbonyl (C=O) groups excluding carboxylic acids is 2. The van der Waals surface area contributed by atoms with Crippen molar-refractivity contribution in [3.05, 3.63) is 35.9 Å². The molecule has 7 nitrogen and oxygen atoms in total. The number of nitrogens with one attached hydrogen (secondary N) is 1. The van der Waals surface area contributed by atoms with Crippen LogP contribution >= 0.6 is 0 Å². The summed E-state index contributed by atoms with van der Waals surface area (Å²) < 4.78 is 14.6. The summed E-state index contributed by atoms with van der Waals surface area (Å²) in [5.41, 5.74) is 3.70. The number of hydrogen-bond donors (Lipinski definition) is 1. The van der Waals surface area contributed by atoms with Gasteiger partial charge in [0.2, 0.25) is 0 Å². The van der Waals surface area contributed by atoms with Crippen molar-refractivity contribution in [1.29, 1.82) is 0 Å². The predicted octanol–water partition coefficient (Wildman–Crippen LogP) is 2.03. The molecule has 1 aliphatic rings. The summed E-state index contributed by atoms with van der Waals surface area (Å²) in [4.78, 5) is 23.0. The minimum Gasteiger partial charge on any atom is -0.444 e. The molecule has 0 saturated carbocycles. The van der Waals surface area contributed by atoms with Gasteiger partial charge in [0.1, 0.15) is 6.61 Å². The Hall–Kier alpha value is -2.28. The number of ether oxygens (including phenoxy) is 3. The standard InChI is InChI=1S/C14H18N2O5/c1-19-14(18)21-12-8-5-9-16(15-12)13(17)20-10-11-6-3-2-4-7-11/h2-4,6-7,12,15H,5,8-10H2,1H3. The molecule has 0 spiro atoms. The Balaban J connectivity index is 1.80. The molecule has 1 aromatic carbocycles. The highest BCUT2D eigenvalue weighted by atomic mass is 16.7. The lowest BCUT2D eigenvalue weighted by Crippen LogP contribution is -2.53. The first kappa shape index (κ1) is 15.1. The first-order chi connectivity index (χ1) is 10.2. The van der Waals surface area contributed by atoms with Gasteiger partial charge in [0.25, 0.3) is 0 Å². The van der Waals surface area contributed by atoms with Crippen molar-refractivity contribution in [2.24, 2.45) is 0 Å². The van der Waals surface area contributed by atoms with Gasteiger partial charge in [0, 0.05) is 13.0 Å². The van der Waals surface area contributed by atoms with Gasteiger partial charge in [-0.05, 0) is 12.0 Å². The Morgan fingerprint density at radius 1 is 1.33 bits per heavy atom. The van der Waals surface area contributed by atoms with E-state index in [1.54, 1.807) is 0 Å². The monoisotopic (exact) mass is 294 g/mol. The summed E-state index contributed by atoms with van der Waals surface area (Å²) in [6, 6.07) is 9.40. The molecule has 114 valence electrons. The zero-order chi connectivity index (χ0) is 15.1. The molecule has 0 aromatic heterocycles. The minimum atomic E-state index is -0.785. The third-order valence-electron chi connectivity index (χ3n) is 2.98. The Kier molecular flexibility index (Phi) is 5.39. The average molecular weight is 294 g/mol. The van der Waals surface area contributed by atoms with E-state index < -0.39 is 18.5 Å². The van der Waals surface area contributed by atoms with Crippen LogP contribution in [0.4, 0.5) is 9.59 Å². The molecular formula is C14H18N2O5. The first-order valence-electron chi connectivity index (χ1n) is 6.68. The van der Waals surface area contributed by atoms with Crippen molar-refractivity contribution >= 4 is 12.2 Å². The van der Waals surface area contributed by atoms with Crippen LogP contribution in [0.15, 0.2) is 30.3 Å². The zero-order valence-corrected chi connectivity index (χ0v) is 11.8. The molecule has 7 heteroatoms. The van der Waals surface area contributed by atoms with Crippen molar-refractivity contribution in [1.82, 2.24) is 10.4 Å². The van der Waals surface area contributed by atoms with Crippen molar-refractivity contribution < 1.29 is 23.8 Å². The molecule has 0 radical (unpaired) electrons. The van der Waals surface area contributed by atoms with Crippen molar-refractivity contribution in [3.63, 3.8) is 0 Å². The number of methoxy groups -OCH3 is 1. The summed E-state index contributed by atoms with van der Waals surface area (Å²) in [7, 11) is 1.23. The van der Waals surface area contributed by atoms with Crippen LogP contribution in [0.5, 0.6) is 0 Å². The highest BCUT2D eigenvalue weighted by Crippen LogP contribution is 2.11. The number of carbonyl (C=O) groups is 2. The fraction of sp³-hybridized carbons (Fsp3) is 0.429. The molecule has 1 N–H and O–H groups in total. The quantitative estimate of drug-likeness (QED) is 0.860. The number of nitrogens with zero attached hydrogens (tertiary/aromatic N) is 1. The molecule has 1 atom stereocenters. The number of amides is 1. The summed E-state index contributed by atoms with van der Waals surface area (Å²) >= 11 is 0. The van der Waals surface area contributed by atoms with Gasteiger partial charge in [0.15, 0.2) is 6.23 Å². The van der Waals surface area contributed by atoms with Crippen LogP contribution in [0.1, 0.15) is 18.4 Å². The van der Waals surface area contributed by atoms with Crippen LogP contribution in [-0.4, -0.2) is 37.1 Å². The lowest BCUT2D eigenvalue weighted by molar-refractivity contribution is -0.0393. The Morgan fingerprint density at radius 3 is 2.81 bits per heavy atom. The van der Waals surface area contributed by atoms with E-state index in [2.05, 4.69) is 10.2 Å². The second kappa shape index (κ2) is 7.49. The van der Waals surface area contributed by atoms with Crippen LogP contribution in [-0.2, 0) is 20.8 Å².